The second-order valence-electron chi connectivity index (χ2n) is 19.7. The summed E-state index contributed by atoms with van der Waals surface area (Å²) in [6.07, 6.45) is 50.8. The number of hydrogen-bond donors (Lipinski definition) is 2. The molecule has 0 amide bonds. The quantitative estimate of drug-likeness (QED) is 0.0352. The summed E-state index contributed by atoms with van der Waals surface area (Å²) < 4.78 is 15.9. The highest BCUT2D eigenvalue weighted by molar-refractivity contribution is 5.70. The van der Waals surface area contributed by atoms with Crippen LogP contribution in [0, 0.1) is 0 Å². The molecule has 2 N–H and O–H groups in total. The van der Waals surface area contributed by atoms with Crippen molar-refractivity contribution in [3.8, 4) is 0 Å². The van der Waals surface area contributed by atoms with Crippen LogP contribution in [0.2, 0.25) is 0 Å². The largest absolute Gasteiger partial charge is 0.466 e. The molecular formula is C58H114O8. The van der Waals surface area contributed by atoms with Gasteiger partial charge in [0.05, 0.1) is 25.4 Å². The second kappa shape index (κ2) is 55.9. The first kappa shape index (κ1) is 66.4. The van der Waals surface area contributed by atoms with Crippen LogP contribution in [-0.2, 0) is 28.6 Å². The van der Waals surface area contributed by atoms with E-state index in [-0.39, 0.29) is 36.2 Å². The van der Waals surface area contributed by atoms with Crippen LogP contribution in [0.25, 0.3) is 0 Å². The van der Waals surface area contributed by atoms with Crippen molar-refractivity contribution >= 4 is 17.9 Å². The van der Waals surface area contributed by atoms with Crippen LogP contribution in [0.3, 0.4) is 0 Å². The van der Waals surface area contributed by atoms with E-state index in [9.17, 15) is 24.6 Å². The molecule has 0 radical (unpaired) electrons. The molecule has 8 nitrogen and oxygen atoms in total. The van der Waals surface area contributed by atoms with E-state index < -0.39 is 0 Å². The van der Waals surface area contributed by atoms with E-state index in [1.807, 2.05) is 13.8 Å². The summed E-state index contributed by atoms with van der Waals surface area (Å²) in [5.74, 6) is -0.108. The molecule has 8 heteroatoms. The molecule has 0 aliphatic carbocycles. The standard InChI is InChI=1S/C38H74O5.C20H40O3/c1-4-7-9-23-29-35(39)30-24-19-15-11-13-18-22-28-34-38(41)43-36(31-25-10-8-5-2)32-26-20-16-12-14-17-21-27-33-37(40)42-6-3;1-3-5-6-13-16-19(21)17-14-11-9-7-8-10-12-15-18-20(22)23-4-2/h35-36,39H,4-34H2,1-3H3;19,21H,3-18H2,1-2H3. The highest BCUT2D eigenvalue weighted by Gasteiger charge is 2.14. The van der Waals surface area contributed by atoms with Gasteiger partial charge in [0.2, 0.25) is 0 Å². The van der Waals surface area contributed by atoms with Crippen molar-refractivity contribution in [1.29, 1.82) is 0 Å². The first-order chi connectivity index (χ1) is 32.2. The van der Waals surface area contributed by atoms with Crippen LogP contribution >= 0.6 is 0 Å². The van der Waals surface area contributed by atoms with Gasteiger partial charge in [0.25, 0.3) is 0 Å². The lowest BCUT2D eigenvalue weighted by Crippen LogP contribution is -2.18. The molecule has 0 saturated carbocycles. The first-order valence-corrected chi connectivity index (χ1v) is 29.1. The predicted molar refractivity (Wildman–Crippen MR) is 280 cm³/mol. The number of hydrogen-bond acceptors (Lipinski definition) is 8. The Balaban J connectivity index is 0. The molecule has 0 aromatic rings. The number of ether oxygens (including phenoxy) is 3. The minimum atomic E-state index is -0.0930. The zero-order valence-electron chi connectivity index (χ0n) is 44.8. The van der Waals surface area contributed by atoms with Crippen molar-refractivity contribution in [2.45, 2.75) is 342 Å². The van der Waals surface area contributed by atoms with Crippen molar-refractivity contribution in [3.05, 3.63) is 0 Å². The summed E-state index contributed by atoms with van der Waals surface area (Å²) in [7, 11) is 0. The number of aliphatic hydroxyl groups is 2. The average Bonchev–Trinajstić information content (AvgIpc) is 3.30. The topological polar surface area (TPSA) is 119 Å². The molecule has 0 fully saturated rings. The van der Waals surface area contributed by atoms with Crippen molar-refractivity contribution in [1.82, 2.24) is 0 Å². The second-order valence-corrected chi connectivity index (χ2v) is 19.7. The van der Waals surface area contributed by atoms with Gasteiger partial charge in [0, 0.05) is 19.3 Å². The van der Waals surface area contributed by atoms with Gasteiger partial charge in [-0.15, -0.1) is 0 Å². The summed E-state index contributed by atoms with van der Waals surface area (Å²) in [5, 5.41) is 20.0. The van der Waals surface area contributed by atoms with E-state index in [4.69, 9.17) is 14.2 Å². The maximum atomic E-state index is 12.6. The lowest BCUT2D eigenvalue weighted by atomic mass is 10.0. The summed E-state index contributed by atoms with van der Waals surface area (Å²) >= 11 is 0. The van der Waals surface area contributed by atoms with Crippen molar-refractivity contribution < 1.29 is 38.8 Å². The molecule has 0 bridgehead atoms. The van der Waals surface area contributed by atoms with Crippen LogP contribution in [0.1, 0.15) is 324 Å². The monoisotopic (exact) mass is 939 g/mol. The molecule has 3 atom stereocenters. The fourth-order valence-corrected chi connectivity index (χ4v) is 8.80. The molecule has 66 heavy (non-hydrogen) atoms. The first-order valence-electron chi connectivity index (χ1n) is 29.1. The van der Waals surface area contributed by atoms with Gasteiger partial charge in [0.15, 0.2) is 0 Å². The van der Waals surface area contributed by atoms with E-state index >= 15 is 0 Å². The van der Waals surface area contributed by atoms with Crippen LogP contribution in [0.15, 0.2) is 0 Å². The fourth-order valence-electron chi connectivity index (χ4n) is 8.80. The van der Waals surface area contributed by atoms with Gasteiger partial charge in [0.1, 0.15) is 6.10 Å². The van der Waals surface area contributed by atoms with Crippen molar-refractivity contribution in [2.75, 3.05) is 13.2 Å². The fraction of sp³-hybridized carbons (Fsp3) is 0.948. The number of unbranched alkanes of at least 4 members (excludes halogenated alkanes) is 30. The number of rotatable bonds is 51. The van der Waals surface area contributed by atoms with Gasteiger partial charge in [-0.2, -0.15) is 0 Å². The van der Waals surface area contributed by atoms with Gasteiger partial charge in [-0.05, 0) is 84.5 Å². The summed E-state index contributed by atoms with van der Waals surface area (Å²) in [4.78, 5) is 35.1. The maximum absolute atomic E-state index is 12.6. The van der Waals surface area contributed by atoms with Gasteiger partial charge in [-0.25, -0.2) is 0 Å². The normalized spacial score (nSPS) is 12.6. The van der Waals surface area contributed by atoms with Crippen LogP contribution in [-0.4, -0.2) is 59.6 Å². The molecule has 0 aliphatic heterocycles. The van der Waals surface area contributed by atoms with E-state index in [2.05, 4.69) is 20.8 Å². The summed E-state index contributed by atoms with van der Waals surface area (Å²) in [6.45, 7) is 11.4. The highest BCUT2D eigenvalue weighted by atomic mass is 16.5. The SMILES string of the molecule is CCCCCCC(O)CCCCCCCCCCC(=O)OC(CCCCCC)CCCCCCCCCCC(=O)OCC.CCCCCCC(O)CCCCCCCCCCC(=O)OCC. The van der Waals surface area contributed by atoms with Crippen LogP contribution in [0.4, 0.5) is 0 Å². The molecule has 3 unspecified atom stereocenters. The molecule has 0 saturated heterocycles. The Kier molecular flexibility index (Phi) is 56.3. The smallest absolute Gasteiger partial charge is 0.306 e. The summed E-state index contributed by atoms with van der Waals surface area (Å²) in [6, 6.07) is 0. The van der Waals surface area contributed by atoms with Gasteiger partial charge in [-0.1, -0.05) is 220 Å². The Labute approximate surface area is 410 Å². The van der Waals surface area contributed by atoms with E-state index in [0.29, 0.717) is 32.5 Å². The molecule has 0 rings (SSSR count). The molecule has 394 valence electrons. The maximum Gasteiger partial charge on any atom is 0.306 e. The van der Waals surface area contributed by atoms with Crippen LogP contribution < -0.4 is 0 Å². The molecule has 0 spiro atoms. The van der Waals surface area contributed by atoms with Gasteiger partial charge >= 0.3 is 17.9 Å². The van der Waals surface area contributed by atoms with E-state index in [1.54, 1.807) is 0 Å². The van der Waals surface area contributed by atoms with Crippen LogP contribution in [0.5, 0.6) is 0 Å². The van der Waals surface area contributed by atoms with Gasteiger partial charge < -0.3 is 24.4 Å². The Hall–Kier alpha value is -1.67. The number of carbonyl (C=O) groups excluding carboxylic acids is 3. The molecule has 0 aliphatic rings. The Morgan fingerprint density at radius 3 is 0.803 bits per heavy atom. The average molecular weight is 940 g/mol. The molecule has 0 aromatic carbocycles. The van der Waals surface area contributed by atoms with Crippen molar-refractivity contribution in [2.24, 2.45) is 0 Å². The zero-order chi connectivity index (χ0) is 48.8. The molecular weight excluding hydrogens is 825 g/mol. The summed E-state index contributed by atoms with van der Waals surface area (Å²) in [5.41, 5.74) is 0. The zero-order valence-corrected chi connectivity index (χ0v) is 44.8. The van der Waals surface area contributed by atoms with E-state index in [0.717, 1.165) is 103 Å². The minimum Gasteiger partial charge on any atom is -0.466 e. The minimum absolute atomic E-state index is 0.0107. The predicted octanol–water partition coefficient (Wildman–Crippen LogP) is 17.3. The molecule has 0 heterocycles. The Bertz CT molecular complexity index is 988. The highest BCUT2D eigenvalue weighted by Crippen LogP contribution is 2.20. The number of esters is 3. The lowest BCUT2D eigenvalue weighted by molar-refractivity contribution is -0.150. The number of carbonyl (C=O) groups is 3. The Morgan fingerprint density at radius 2 is 0.530 bits per heavy atom. The third-order valence-electron chi connectivity index (χ3n) is 13.1. The Morgan fingerprint density at radius 1 is 0.303 bits per heavy atom. The third kappa shape index (κ3) is 54.9. The van der Waals surface area contributed by atoms with E-state index in [1.165, 1.54) is 167 Å². The molecule has 0 aromatic heterocycles. The number of aliphatic hydroxyl groups excluding tert-OH is 2. The lowest BCUT2D eigenvalue weighted by Gasteiger charge is -2.18. The third-order valence-corrected chi connectivity index (χ3v) is 13.1. The van der Waals surface area contributed by atoms with Crippen molar-refractivity contribution in [3.63, 3.8) is 0 Å². The van der Waals surface area contributed by atoms with Gasteiger partial charge in [-0.3, -0.25) is 14.4 Å².